The standard InChI is InChI=1S/C21H27NO6S/c1-12(19(24)25)8-15(23)18-10-14-9-13(16(27-5)11-17(14)29-18)6-7-22-20(26)28-21(2,3)4/h9-12H,6-8H2,1-5H3,(H,22,26)(H,24,25)/t12-/m0/s1. The van der Waals surface area contributed by atoms with Crippen molar-refractivity contribution >= 4 is 39.3 Å². The normalized spacial score (nSPS) is 12.4. The molecule has 7 nitrogen and oxygen atoms in total. The topological polar surface area (TPSA) is 102 Å². The van der Waals surface area contributed by atoms with Gasteiger partial charge in [-0.15, -0.1) is 11.3 Å². The Morgan fingerprint density at radius 3 is 2.48 bits per heavy atom. The fourth-order valence-electron chi connectivity index (χ4n) is 2.72. The molecule has 0 aliphatic carbocycles. The summed E-state index contributed by atoms with van der Waals surface area (Å²) in [5, 5.41) is 12.6. The minimum Gasteiger partial charge on any atom is -0.496 e. The van der Waals surface area contributed by atoms with Gasteiger partial charge in [-0.05, 0) is 56.3 Å². The minimum atomic E-state index is -0.985. The molecule has 1 heterocycles. The Labute approximate surface area is 174 Å². The molecule has 0 radical (unpaired) electrons. The van der Waals surface area contributed by atoms with Crippen molar-refractivity contribution in [1.82, 2.24) is 5.32 Å². The number of aliphatic carboxylic acids is 1. The predicted octanol–water partition coefficient (Wildman–Crippen LogP) is 4.27. The second-order valence-corrected chi connectivity index (χ2v) is 8.94. The molecular weight excluding hydrogens is 394 g/mol. The number of methoxy groups -OCH3 is 1. The van der Waals surface area contributed by atoms with Crippen molar-refractivity contribution in [3.8, 4) is 5.75 Å². The van der Waals surface area contributed by atoms with E-state index in [1.54, 1.807) is 33.9 Å². The maximum absolute atomic E-state index is 12.4. The largest absolute Gasteiger partial charge is 0.496 e. The average molecular weight is 422 g/mol. The van der Waals surface area contributed by atoms with Crippen LogP contribution in [0.3, 0.4) is 0 Å². The molecule has 8 heteroatoms. The number of benzene rings is 1. The first-order chi connectivity index (χ1) is 13.5. The van der Waals surface area contributed by atoms with Crippen LogP contribution in [0.5, 0.6) is 5.75 Å². The van der Waals surface area contributed by atoms with Crippen LogP contribution in [0.25, 0.3) is 10.1 Å². The molecule has 0 saturated heterocycles. The van der Waals surface area contributed by atoms with E-state index in [4.69, 9.17) is 14.6 Å². The Bertz CT molecular complexity index is 912. The van der Waals surface area contributed by atoms with Crippen LogP contribution < -0.4 is 10.1 Å². The van der Waals surface area contributed by atoms with Crippen LogP contribution in [0.1, 0.15) is 49.4 Å². The summed E-state index contributed by atoms with van der Waals surface area (Å²) in [5.74, 6) is -1.23. The number of hydrogen-bond acceptors (Lipinski definition) is 6. The minimum absolute atomic E-state index is 0.0358. The molecule has 0 aliphatic heterocycles. The fraction of sp³-hybridized carbons (Fsp3) is 0.476. The highest BCUT2D eigenvalue weighted by atomic mass is 32.1. The van der Waals surface area contributed by atoms with Gasteiger partial charge in [0.15, 0.2) is 5.78 Å². The van der Waals surface area contributed by atoms with Gasteiger partial charge in [-0.1, -0.05) is 6.92 Å². The molecule has 158 valence electrons. The number of hydrogen-bond donors (Lipinski definition) is 2. The predicted molar refractivity (Wildman–Crippen MR) is 112 cm³/mol. The molecular formula is C21H27NO6S. The van der Waals surface area contributed by atoms with Gasteiger partial charge in [0.1, 0.15) is 11.4 Å². The second kappa shape index (κ2) is 9.26. The van der Waals surface area contributed by atoms with E-state index in [1.165, 1.54) is 18.3 Å². The monoisotopic (exact) mass is 421 g/mol. The molecule has 2 N–H and O–H groups in total. The van der Waals surface area contributed by atoms with Gasteiger partial charge in [-0.3, -0.25) is 9.59 Å². The molecule has 0 unspecified atom stereocenters. The highest BCUT2D eigenvalue weighted by Crippen LogP contribution is 2.33. The summed E-state index contributed by atoms with van der Waals surface area (Å²) in [6.45, 7) is 7.30. The maximum atomic E-state index is 12.4. The number of carboxylic acids is 1. The number of alkyl carbamates (subject to hydrolysis) is 1. The zero-order valence-corrected chi connectivity index (χ0v) is 18.1. The van der Waals surface area contributed by atoms with Gasteiger partial charge >= 0.3 is 12.1 Å². The van der Waals surface area contributed by atoms with E-state index in [1.807, 2.05) is 12.1 Å². The Morgan fingerprint density at radius 1 is 1.21 bits per heavy atom. The summed E-state index contributed by atoms with van der Waals surface area (Å²) >= 11 is 1.32. The number of fused-ring (bicyclic) bond motifs is 1. The molecule has 0 aliphatic rings. The van der Waals surface area contributed by atoms with E-state index >= 15 is 0 Å². The number of amides is 1. The van der Waals surface area contributed by atoms with E-state index in [-0.39, 0.29) is 12.2 Å². The lowest BCUT2D eigenvalue weighted by molar-refractivity contribution is -0.141. The van der Waals surface area contributed by atoms with E-state index in [9.17, 15) is 14.4 Å². The van der Waals surface area contributed by atoms with E-state index in [2.05, 4.69) is 5.32 Å². The lowest BCUT2D eigenvalue weighted by Crippen LogP contribution is -2.33. The molecule has 0 fully saturated rings. The lowest BCUT2D eigenvalue weighted by atomic mass is 10.0. The van der Waals surface area contributed by atoms with E-state index in [0.29, 0.717) is 23.6 Å². The molecule has 2 rings (SSSR count). The third-order valence-electron chi connectivity index (χ3n) is 4.17. The van der Waals surface area contributed by atoms with Gasteiger partial charge < -0.3 is 19.9 Å². The second-order valence-electron chi connectivity index (χ2n) is 7.86. The first-order valence-corrected chi connectivity index (χ1v) is 10.1. The van der Waals surface area contributed by atoms with Gasteiger partial charge in [0, 0.05) is 17.7 Å². The molecule has 2 aromatic rings. The van der Waals surface area contributed by atoms with Gasteiger partial charge in [0.2, 0.25) is 0 Å². The molecule has 1 amide bonds. The first kappa shape index (κ1) is 22.7. The quantitative estimate of drug-likeness (QED) is 0.617. The summed E-state index contributed by atoms with van der Waals surface area (Å²) in [5.41, 5.74) is 0.338. The maximum Gasteiger partial charge on any atom is 0.407 e. The number of rotatable bonds is 8. The Kier molecular flexibility index (Phi) is 7.24. The van der Waals surface area contributed by atoms with Gasteiger partial charge in [0.25, 0.3) is 0 Å². The molecule has 0 bridgehead atoms. The number of ether oxygens (including phenoxy) is 2. The number of Topliss-reactive ketones (excluding diaryl/α,β-unsaturated/α-hetero) is 1. The third-order valence-corrected chi connectivity index (χ3v) is 5.31. The highest BCUT2D eigenvalue weighted by molar-refractivity contribution is 7.20. The number of thiophene rings is 1. The van der Waals surface area contributed by atoms with Crippen LogP contribution in [0, 0.1) is 5.92 Å². The van der Waals surface area contributed by atoms with Crippen molar-refractivity contribution in [1.29, 1.82) is 0 Å². The van der Waals surface area contributed by atoms with Crippen LogP contribution in [0.4, 0.5) is 4.79 Å². The zero-order valence-electron chi connectivity index (χ0n) is 17.3. The molecule has 1 aromatic heterocycles. The smallest absolute Gasteiger partial charge is 0.407 e. The highest BCUT2D eigenvalue weighted by Gasteiger charge is 2.20. The molecule has 0 saturated carbocycles. The van der Waals surface area contributed by atoms with Crippen molar-refractivity contribution in [3.63, 3.8) is 0 Å². The molecule has 0 spiro atoms. The molecule has 29 heavy (non-hydrogen) atoms. The fourth-order valence-corrected chi connectivity index (χ4v) is 3.74. The summed E-state index contributed by atoms with van der Waals surface area (Å²) in [6.07, 6.45) is 0.0213. The summed E-state index contributed by atoms with van der Waals surface area (Å²) in [6, 6.07) is 5.57. The van der Waals surface area contributed by atoms with E-state index < -0.39 is 23.6 Å². The number of carboxylic acid groups (broad SMARTS) is 1. The first-order valence-electron chi connectivity index (χ1n) is 9.33. The van der Waals surface area contributed by atoms with Crippen LogP contribution in [0.15, 0.2) is 18.2 Å². The average Bonchev–Trinajstić information content (AvgIpc) is 3.02. The van der Waals surface area contributed by atoms with Gasteiger partial charge in [0.05, 0.1) is 17.9 Å². The Morgan fingerprint density at radius 2 is 1.90 bits per heavy atom. The van der Waals surface area contributed by atoms with Gasteiger partial charge in [-0.2, -0.15) is 0 Å². The third kappa shape index (κ3) is 6.45. The van der Waals surface area contributed by atoms with Crippen molar-refractivity contribution in [2.75, 3.05) is 13.7 Å². The number of carbonyl (C=O) groups excluding carboxylic acids is 2. The van der Waals surface area contributed by atoms with E-state index in [0.717, 1.165) is 15.6 Å². The summed E-state index contributed by atoms with van der Waals surface area (Å²) < 4.78 is 11.6. The number of nitrogens with one attached hydrogen (secondary N) is 1. The Balaban J connectivity index is 2.12. The van der Waals surface area contributed by atoms with Crippen LogP contribution in [-0.4, -0.2) is 42.2 Å². The summed E-state index contributed by atoms with van der Waals surface area (Å²) in [7, 11) is 1.57. The molecule has 1 aromatic carbocycles. The zero-order chi connectivity index (χ0) is 21.8. The summed E-state index contributed by atoms with van der Waals surface area (Å²) in [4.78, 5) is 35.7. The van der Waals surface area contributed by atoms with Crippen LogP contribution in [0.2, 0.25) is 0 Å². The van der Waals surface area contributed by atoms with Gasteiger partial charge in [-0.25, -0.2) is 4.79 Å². The van der Waals surface area contributed by atoms with Crippen molar-refractivity contribution in [2.45, 2.75) is 46.1 Å². The van der Waals surface area contributed by atoms with Crippen LogP contribution in [-0.2, 0) is 16.0 Å². The van der Waals surface area contributed by atoms with Crippen molar-refractivity contribution in [2.24, 2.45) is 5.92 Å². The van der Waals surface area contributed by atoms with Crippen molar-refractivity contribution in [3.05, 3.63) is 28.6 Å². The SMILES string of the molecule is COc1cc2sc(C(=O)C[C@H](C)C(=O)O)cc2cc1CCNC(=O)OC(C)(C)C. The molecule has 1 atom stereocenters. The lowest BCUT2D eigenvalue weighted by Gasteiger charge is -2.19. The van der Waals surface area contributed by atoms with Crippen LogP contribution >= 0.6 is 11.3 Å². The Hall–Kier alpha value is -2.61. The number of carbonyl (C=O) groups is 3. The van der Waals surface area contributed by atoms with Crippen molar-refractivity contribution < 1.29 is 29.0 Å². The number of ketones is 1.